The predicted molar refractivity (Wildman–Crippen MR) is 116 cm³/mol. The normalized spacial score (nSPS) is 16.0. The largest absolute Gasteiger partial charge is 0.337 e. The SMILES string of the molecule is Cc1cc(C)nc(-c2noc(C3CCCN3C(=O)c3cc(C)ccc3-n3nccn3)n2)c1. The first kappa shape index (κ1) is 20.0. The van der Waals surface area contributed by atoms with Crippen LogP contribution < -0.4 is 0 Å². The lowest BCUT2D eigenvalue weighted by atomic mass is 10.1. The summed E-state index contributed by atoms with van der Waals surface area (Å²) in [6, 6.07) is 9.32. The quantitative estimate of drug-likeness (QED) is 0.488. The van der Waals surface area contributed by atoms with Gasteiger partial charge < -0.3 is 9.42 Å². The van der Waals surface area contributed by atoms with Crippen LogP contribution in [0.25, 0.3) is 17.2 Å². The number of carbonyl (C=O) groups excluding carboxylic acids is 1. The fourth-order valence-corrected chi connectivity index (χ4v) is 4.19. The van der Waals surface area contributed by atoms with Crippen molar-refractivity contribution in [2.45, 2.75) is 39.7 Å². The summed E-state index contributed by atoms with van der Waals surface area (Å²) in [6.07, 6.45) is 4.80. The molecule has 0 N–H and O–H groups in total. The highest BCUT2D eigenvalue weighted by molar-refractivity contribution is 5.98. The molecule has 162 valence electrons. The van der Waals surface area contributed by atoms with Gasteiger partial charge >= 0.3 is 0 Å². The van der Waals surface area contributed by atoms with Crippen LogP contribution in [0.1, 0.15) is 52.0 Å². The maximum atomic E-state index is 13.6. The van der Waals surface area contributed by atoms with Crippen LogP contribution in [-0.2, 0) is 0 Å². The number of aryl methyl sites for hydroxylation is 3. The maximum Gasteiger partial charge on any atom is 0.256 e. The van der Waals surface area contributed by atoms with E-state index in [0.29, 0.717) is 35.2 Å². The summed E-state index contributed by atoms with van der Waals surface area (Å²) in [4.78, 5) is 26.0. The fraction of sp³-hybridized carbons (Fsp3) is 0.304. The number of pyridine rings is 1. The third kappa shape index (κ3) is 3.66. The highest BCUT2D eigenvalue weighted by Crippen LogP contribution is 2.34. The summed E-state index contributed by atoms with van der Waals surface area (Å²) in [5.74, 6) is 0.758. The number of benzene rings is 1. The van der Waals surface area contributed by atoms with Crippen LogP contribution in [-0.4, -0.2) is 47.5 Å². The molecule has 3 aromatic heterocycles. The average Bonchev–Trinajstić information content (AvgIpc) is 3.53. The van der Waals surface area contributed by atoms with Crippen molar-refractivity contribution in [1.29, 1.82) is 0 Å². The van der Waals surface area contributed by atoms with Crippen LogP contribution in [0, 0.1) is 20.8 Å². The van der Waals surface area contributed by atoms with Gasteiger partial charge in [-0.1, -0.05) is 16.8 Å². The average molecular weight is 429 g/mol. The van der Waals surface area contributed by atoms with Gasteiger partial charge in [-0.25, -0.2) is 4.98 Å². The first-order valence-corrected chi connectivity index (χ1v) is 10.6. The van der Waals surface area contributed by atoms with E-state index in [1.807, 2.05) is 51.1 Å². The molecular formula is C23H23N7O2. The lowest BCUT2D eigenvalue weighted by molar-refractivity contribution is 0.0709. The Bertz CT molecular complexity index is 1260. The molecule has 1 amide bonds. The van der Waals surface area contributed by atoms with E-state index in [9.17, 15) is 4.79 Å². The van der Waals surface area contributed by atoms with Gasteiger partial charge in [0.25, 0.3) is 5.91 Å². The molecule has 1 fully saturated rings. The number of likely N-dealkylation sites (tertiary alicyclic amines) is 1. The molecule has 32 heavy (non-hydrogen) atoms. The molecule has 0 radical (unpaired) electrons. The van der Waals surface area contributed by atoms with Gasteiger partial charge in [-0.2, -0.15) is 20.0 Å². The molecule has 1 atom stereocenters. The number of nitrogens with zero attached hydrogens (tertiary/aromatic N) is 7. The van der Waals surface area contributed by atoms with Crippen molar-refractivity contribution in [3.63, 3.8) is 0 Å². The number of hydrogen-bond donors (Lipinski definition) is 0. The number of hydrogen-bond acceptors (Lipinski definition) is 7. The van der Waals surface area contributed by atoms with Gasteiger partial charge in [0, 0.05) is 12.2 Å². The van der Waals surface area contributed by atoms with E-state index < -0.39 is 0 Å². The van der Waals surface area contributed by atoms with Crippen LogP contribution in [0.3, 0.4) is 0 Å². The molecule has 1 aliphatic rings. The molecule has 1 saturated heterocycles. The molecule has 9 nitrogen and oxygen atoms in total. The third-order valence-corrected chi connectivity index (χ3v) is 5.58. The molecule has 1 aromatic carbocycles. The molecule has 0 saturated carbocycles. The van der Waals surface area contributed by atoms with Gasteiger partial charge in [-0.05, 0) is 63.4 Å². The molecule has 4 heterocycles. The second-order valence-corrected chi connectivity index (χ2v) is 8.12. The Kier molecular flexibility index (Phi) is 5.01. The smallest absolute Gasteiger partial charge is 0.256 e. The Morgan fingerprint density at radius 1 is 1.03 bits per heavy atom. The Balaban J connectivity index is 1.47. The molecule has 4 aromatic rings. The van der Waals surface area contributed by atoms with Crippen molar-refractivity contribution in [1.82, 2.24) is 35.0 Å². The van der Waals surface area contributed by atoms with Gasteiger partial charge in [0.15, 0.2) is 0 Å². The molecule has 1 unspecified atom stereocenters. The number of aromatic nitrogens is 6. The van der Waals surface area contributed by atoms with E-state index >= 15 is 0 Å². The standard InChI is InChI=1S/C23H23N7O2/c1-14-6-7-19(30-24-8-9-25-30)17(12-14)23(31)29-10-4-5-20(29)22-27-21(28-32-22)18-13-15(2)11-16(3)26-18/h6-9,11-13,20H,4-5,10H2,1-3H3. The predicted octanol–water partition coefficient (Wildman–Crippen LogP) is 3.61. The van der Waals surface area contributed by atoms with Gasteiger partial charge in [0.1, 0.15) is 11.7 Å². The summed E-state index contributed by atoms with van der Waals surface area (Å²) in [5.41, 5.74) is 4.81. The van der Waals surface area contributed by atoms with Crippen LogP contribution in [0.5, 0.6) is 0 Å². The summed E-state index contributed by atoms with van der Waals surface area (Å²) in [6.45, 7) is 6.51. The van der Waals surface area contributed by atoms with E-state index in [-0.39, 0.29) is 11.9 Å². The highest BCUT2D eigenvalue weighted by atomic mass is 16.5. The van der Waals surface area contributed by atoms with Gasteiger partial charge in [0.05, 0.1) is 23.6 Å². The van der Waals surface area contributed by atoms with Crippen LogP contribution in [0.15, 0.2) is 47.2 Å². The van der Waals surface area contributed by atoms with Crippen molar-refractivity contribution in [2.75, 3.05) is 6.54 Å². The molecule has 1 aliphatic heterocycles. The van der Waals surface area contributed by atoms with Crippen molar-refractivity contribution >= 4 is 5.91 Å². The first-order valence-electron chi connectivity index (χ1n) is 10.6. The Morgan fingerprint density at radius 3 is 2.62 bits per heavy atom. The van der Waals surface area contributed by atoms with Gasteiger partial charge in [-0.15, -0.1) is 0 Å². The number of amides is 1. The van der Waals surface area contributed by atoms with E-state index in [0.717, 1.165) is 29.7 Å². The fourth-order valence-electron chi connectivity index (χ4n) is 4.19. The summed E-state index contributed by atoms with van der Waals surface area (Å²) < 4.78 is 5.60. The molecule has 0 aliphatic carbocycles. The molecule has 9 heteroatoms. The third-order valence-electron chi connectivity index (χ3n) is 5.58. The van der Waals surface area contributed by atoms with Crippen LogP contribution in [0.2, 0.25) is 0 Å². The highest BCUT2D eigenvalue weighted by Gasteiger charge is 2.36. The van der Waals surface area contributed by atoms with Crippen molar-refractivity contribution in [3.8, 4) is 17.2 Å². The summed E-state index contributed by atoms with van der Waals surface area (Å²) >= 11 is 0. The Labute approximate surface area is 185 Å². The Morgan fingerprint density at radius 2 is 1.84 bits per heavy atom. The van der Waals surface area contributed by atoms with Crippen LogP contribution in [0.4, 0.5) is 0 Å². The van der Waals surface area contributed by atoms with E-state index in [4.69, 9.17) is 4.52 Å². The Hall–Kier alpha value is -3.88. The lowest BCUT2D eigenvalue weighted by Crippen LogP contribution is -2.31. The minimum Gasteiger partial charge on any atom is -0.337 e. The van der Waals surface area contributed by atoms with Crippen molar-refractivity contribution in [3.05, 3.63) is 71.0 Å². The molecule has 0 bridgehead atoms. The number of rotatable bonds is 4. The topological polar surface area (TPSA) is 103 Å². The minimum atomic E-state index is -0.284. The zero-order chi connectivity index (χ0) is 22.2. The van der Waals surface area contributed by atoms with Crippen LogP contribution >= 0.6 is 0 Å². The van der Waals surface area contributed by atoms with E-state index in [1.54, 1.807) is 17.3 Å². The summed E-state index contributed by atoms with van der Waals surface area (Å²) in [7, 11) is 0. The summed E-state index contributed by atoms with van der Waals surface area (Å²) in [5, 5.41) is 12.5. The molecule has 0 spiro atoms. The molecular weight excluding hydrogens is 406 g/mol. The van der Waals surface area contributed by atoms with E-state index in [1.165, 1.54) is 4.80 Å². The lowest BCUT2D eigenvalue weighted by Gasteiger charge is -2.23. The van der Waals surface area contributed by atoms with Crippen molar-refractivity contribution in [2.24, 2.45) is 0 Å². The number of carbonyl (C=O) groups is 1. The zero-order valence-electron chi connectivity index (χ0n) is 18.2. The zero-order valence-corrected chi connectivity index (χ0v) is 18.2. The first-order chi connectivity index (χ1) is 15.5. The molecule has 5 rings (SSSR count). The minimum absolute atomic E-state index is 0.104. The maximum absolute atomic E-state index is 13.6. The second-order valence-electron chi connectivity index (χ2n) is 8.12. The monoisotopic (exact) mass is 429 g/mol. The van der Waals surface area contributed by atoms with Gasteiger partial charge in [0.2, 0.25) is 11.7 Å². The van der Waals surface area contributed by atoms with E-state index in [2.05, 4.69) is 25.3 Å². The van der Waals surface area contributed by atoms with Gasteiger partial charge in [-0.3, -0.25) is 4.79 Å². The second kappa shape index (κ2) is 7.99. The van der Waals surface area contributed by atoms with Crippen molar-refractivity contribution < 1.29 is 9.32 Å².